The monoisotopic (exact) mass is 633 g/mol. The van der Waals surface area contributed by atoms with Crippen molar-refractivity contribution in [1.82, 2.24) is 0 Å². The molecule has 258 valence electrons. The van der Waals surface area contributed by atoms with Crippen molar-refractivity contribution in [1.29, 1.82) is 0 Å². The minimum absolute atomic E-state index is 0.0516. The van der Waals surface area contributed by atoms with Gasteiger partial charge in [-0.3, -0.25) is 4.57 Å². The van der Waals surface area contributed by atoms with Gasteiger partial charge in [-0.15, -0.1) is 0 Å². The average molecular weight is 633 g/mol. The van der Waals surface area contributed by atoms with Crippen LogP contribution in [-0.2, 0) is 18.6 Å². The molecule has 0 aliphatic rings. The number of rotatable bonds is 30. The maximum Gasteiger partial charge on any atom is 0.385 e. The molecule has 2 unspecified atom stereocenters. The quantitative estimate of drug-likeness (QED) is 0.0369. The van der Waals surface area contributed by atoms with Gasteiger partial charge in [0.15, 0.2) is 5.78 Å². The topological polar surface area (TPSA) is 65.0 Å². The van der Waals surface area contributed by atoms with E-state index in [9.17, 15) is 9.46 Å². The van der Waals surface area contributed by atoms with Crippen LogP contribution < -0.4 is 0 Å². The van der Waals surface area contributed by atoms with Crippen LogP contribution in [0.1, 0.15) is 163 Å². The molecule has 0 aromatic heterocycles. The molecule has 43 heavy (non-hydrogen) atoms. The fraction of sp³-hybridized carbons (Fsp3) is 0.944. The van der Waals surface area contributed by atoms with Gasteiger partial charge in [-0.25, -0.2) is 0 Å². The smallest absolute Gasteiger partial charge is 0.379 e. The summed E-state index contributed by atoms with van der Waals surface area (Å²) < 4.78 is 30.9. The number of nitrogens with zero attached hydrogens (tertiary/aromatic N) is 1. The maximum atomic E-state index is 13.0. The second kappa shape index (κ2) is 25.9. The lowest BCUT2D eigenvalue weighted by Crippen LogP contribution is -2.45. The van der Waals surface area contributed by atoms with Gasteiger partial charge in [0.2, 0.25) is 0 Å². The van der Waals surface area contributed by atoms with Crippen molar-refractivity contribution in [3.05, 3.63) is 12.2 Å². The van der Waals surface area contributed by atoms with Crippen molar-refractivity contribution in [2.24, 2.45) is 0 Å². The first-order valence-corrected chi connectivity index (χ1v) is 19.7. The molecular formula is C36H75NO5P+. The zero-order valence-corrected chi connectivity index (χ0v) is 30.9. The minimum atomic E-state index is -3.79. The van der Waals surface area contributed by atoms with Gasteiger partial charge in [0.05, 0.1) is 40.0 Å². The van der Waals surface area contributed by atoms with Crippen molar-refractivity contribution < 1.29 is 27.9 Å². The highest BCUT2D eigenvalue weighted by Crippen LogP contribution is 2.51. The van der Waals surface area contributed by atoms with Crippen LogP contribution >= 0.6 is 7.60 Å². The van der Waals surface area contributed by atoms with Crippen molar-refractivity contribution in [2.75, 3.05) is 41.0 Å². The molecule has 0 saturated carbocycles. The van der Waals surface area contributed by atoms with Crippen molar-refractivity contribution in [3.8, 4) is 0 Å². The molecule has 0 saturated heterocycles. The molecule has 0 radical (unpaired) electrons. The van der Waals surface area contributed by atoms with E-state index in [0.29, 0.717) is 24.1 Å². The van der Waals surface area contributed by atoms with Gasteiger partial charge in [0, 0.05) is 13.0 Å². The second-order valence-corrected chi connectivity index (χ2v) is 16.5. The highest BCUT2D eigenvalue weighted by atomic mass is 31.2. The third-order valence-corrected chi connectivity index (χ3v) is 10.3. The zero-order valence-electron chi connectivity index (χ0n) is 30.0. The predicted molar refractivity (Wildman–Crippen MR) is 186 cm³/mol. The summed E-state index contributed by atoms with van der Waals surface area (Å²) in [6.45, 7) is 11.3. The van der Waals surface area contributed by atoms with Gasteiger partial charge in [-0.1, -0.05) is 116 Å². The summed E-state index contributed by atoms with van der Waals surface area (Å²) in [4.78, 5) is 10.6. The van der Waals surface area contributed by atoms with Gasteiger partial charge < -0.3 is 23.4 Å². The first kappa shape index (κ1) is 42.8. The second-order valence-electron chi connectivity index (χ2n) is 14.5. The van der Waals surface area contributed by atoms with E-state index in [2.05, 4.69) is 19.1 Å². The SMILES string of the molecule is CCCCCCCCCCCC/C=C\CCCCCCCCCOC[C@H](COP(=O)(O)C(CC)[N+](C)(C)C)OC(C)(C)C. The van der Waals surface area contributed by atoms with Crippen LogP contribution in [0.2, 0.25) is 0 Å². The molecular weight excluding hydrogens is 557 g/mol. The number of unbranched alkanes of at least 4 members (excludes halogenated alkanes) is 17. The summed E-state index contributed by atoms with van der Waals surface area (Å²) in [7, 11) is 1.97. The maximum absolute atomic E-state index is 13.0. The number of ether oxygens (including phenoxy) is 2. The van der Waals surface area contributed by atoms with E-state index in [4.69, 9.17) is 14.0 Å². The molecule has 0 rings (SSSR count). The Morgan fingerprint density at radius 1 is 0.698 bits per heavy atom. The van der Waals surface area contributed by atoms with Crippen LogP contribution in [0.5, 0.6) is 0 Å². The molecule has 0 amide bonds. The Morgan fingerprint density at radius 2 is 1.14 bits per heavy atom. The normalized spacial score (nSPS) is 15.7. The summed E-state index contributed by atoms with van der Waals surface area (Å²) in [6, 6.07) is 0. The van der Waals surface area contributed by atoms with Crippen LogP contribution in [0.4, 0.5) is 0 Å². The van der Waals surface area contributed by atoms with Crippen LogP contribution in [0.15, 0.2) is 12.2 Å². The summed E-state index contributed by atoms with van der Waals surface area (Å²) in [5.41, 5.74) is -0.385. The van der Waals surface area contributed by atoms with Crippen molar-refractivity contribution in [2.45, 2.75) is 181 Å². The van der Waals surface area contributed by atoms with E-state index >= 15 is 0 Å². The Kier molecular flexibility index (Phi) is 25.8. The van der Waals surface area contributed by atoms with E-state index in [1.807, 2.05) is 48.8 Å². The fourth-order valence-corrected chi connectivity index (χ4v) is 7.55. The van der Waals surface area contributed by atoms with E-state index in [0.717, 1.165) is 6.42 Å². The van der Waals surface area contributed by atoms with Crippen LogP contribution in [0.25, 0.3) is 0 Å². The minimum Gasteiger partial charge on any atom is -0.379 e. The third-order valence-electron chi connectivity index (χ3n) is 7.96. The zero-order chi connectivity index (χ0) is 32.5. The van der Waals surface area contributed by atoms with Crippen molar-refractivity contribution >= 4 is 7.60 Å². The first-order chi connectivity index (χ1) is 20.3. The third kappa shape index (κ3) is 26.7. The van der Waals surface area contributed by atoms with E-state index in [1.54, 1.807) is 0 Å². The van der Waals surface area contributed by atoms with Crippen LogP contribution in [-0.4, -0.2) is 67.8 Å². The van der Waals surface area contributed by atoms with Gasteiger partial charge >= 0.3 is 7.60 Å². The highest BCUT2D eigenvalue weighted by Gasteiger charge is 2.42. The first-order valence-electron chi connectivity index (χ1n) is 18.0. The number of allylic oxidation sites excluding steroid dienone is 2. The Balaban J connectivity index is 3.83. The predicted octanol–water partition coefficient (Wildman–Crippen LogP) is 10.8. The van der Waals surface area contributed by atoms with Gasteiger partial charge in [-0.2, -0.15) is 0 Å². The molecule has 0 aromatic carbocycles. The Bertz CT molecular complexity index is 701. The molecule has 1 N–H and O–H groups in total. The summed E-state index contributed by atoms with van der Waals surface area (Å²) in [6.07, 6.45) is 30.3. The Morgan fingerprint density at radius 3 is 1.56 bits per heavy atom. The van der Waals surface area contributed by atoms with Crippen molar-refractivity contribution in [3.63, 3.8) is 0 Å². The van der Waals surface area contributed by atoms with Crippen LogP contribution in [0.3, 0.4) is 0 Å². The summed E-state index contributed by atoms with van der Waals surface area (Å²) in [5, 5.41) is 0. The molecule has 0 aliphatic heterocycles. The van der Waals surface area contributed by atoms with E-state index in [-0.39, 0.29) is 18.3 Å². The summed E-state index contributed by atoms with van der Waals surface area (Å²) >= 11 is 0. The summed E-state index contributed by atoms with van der Waals surface area (Å²) in [5.74, 6) is -0.473. The number of quaternary nitrogens is 1. The molecule has 0 bridgehead atoms. The Labute approximate surface area is 268 Å². The average Bonchev–Trinajstić information content (AvgIpc) is 2.90. The lowest BCUT2D eigenvalue weighted by molar-refractivity contribution is -0.883. The molecule has 3 atom stereocenters. The molecule has 6 nitrogen and oxygen atoms in total. The van der Waals surface area contributed by atoms with Gasteiger partial charge in [-0.05, 0) is 52.9 Å². The molecule has 7 heteroatoms. The highest BCUT2D eigenvalue weighted by molar-refractivity contribution is 7.53. The van der Waals surface area contributed by atoms with E-state index in [1.165, 1.54) is 116 Å². The lowest BCUT2D eigenvalue weighted by atomic mass is 10.1. The Hall–Kier alpha value is -0.230. The molecule has 0 aliphatic carbocycles. The standard InChI is InChI=1S/C36H74NO5P/c1-9-11-12-13-14-15-16-17-18-19-20-21-22-23-24-25-26-27-28-29-30-31-40-32-34(42-36(3,4)5)33-41-43(38,39)35(10-2)37(6,7)8/h21-22,34-35H,9-20,23-33H2,1-8H3/p+1/b22-21-/t34-,35?/m1/s1. The molecule has 0 fully saturated rings. The van der Waals surface area contributed by atoms with Gasteiger partial charge in [0.25, 0.3) is 0 Å². The molecule has 0 spiro atoms. The molecule has 0 aromatic rings. The molecule has 0 heterocycles. The largest absolute Gasteiger partial charge is 0.385 e. The van der Waals surface area contributed by atoms with E-state index < -0.39 is 13.4 Å². The van der Waals surface area contributed by atoms with Crippen LogP contribution in [0, 0.1) is 0 Å². The number of hydrogen-bond donors (Lipinski definition) is 1. The number of hydrogen-bond acceptors (Lipinski definition) is 4. The van der Waals surface area contributed by atoms with Gasteiger partial charge in [0.1, 0.15) is 6.10 Å². The lowest BCUT2D eigenvalue weighted by Gasteiger charge is -2.36. The fourth-order valence-electron chi connectivity index (χ4n) is 5.66.